The number of amides is 2. The van der Waals surface area contributed by atoms with Gasteiger partial charge in [-0.3, -0.25) is 9.59 Å². The molecule has 1 aliphatic heterocycles. The molecular formula is C27H28N2O5. The van der Waals surface area contributed by atoms with Crippen molar-refractivity contribution < 1.29 is 23.8 Å². The molecule has 1 N–H and O–H groups in total. The number of nitrogens with one attached hydrogen (secondary N) is 1. The van der Waals surface area contributed by atoms with Gasteiger partial charge in [0, 0.05) is 17.8 Å². The highest BCUT2D eigenvalue weighted by Crippen LogP contribution is 2.42. The van der Waals surface area contributed by atoms with Gasteiger partial charge in [-0.05, 0) is 73.2 Å². The van der Waals surface area contributed by atoms with E-state index in [1.54, 1.807) is 43.4 Å². The van der Waals surface area contributed by atoms with Crippen molar-refractivity contribution in [2.45, 2.75) is 19.4 Å². The predicted octanol–water partition coefficient (Wildman–Crippen LogP) is 4.84. The smallest absolute Gasteiger partial charge is 0.230 e. The monoisotopic (exact) mass is 460 g/mol. The van der Waals surface area contributed by atoms with Crippen molar-refractivity contribution in [1.29, 1.82) is 0 Å². The molecule has 0 saturated carbocycles. The van der Waals surface area contributed by atoms with E-state index in [9.17, 15) is 9.59 Å². The molecule has 2 amide bonds. The molecule has 2 atom stereocenters. The molecule has 7 heteroatoms. The molecule has 0 aromatic heterocycles. The van der Waals surface area contributed by atoms with Gasteiger partial charge in [-0.1, -0.05) is 12.1 Å². The van der Waals surface area contributed by atoms with Crippen LogP contribution in [0.5, 0.6) is 17.2 Å². The molecular weight excluding hydrogens is 432 g/mol. The van der Waals surface area contributed by atoms with Crippen molar-refractivity contribution in [3.05, 3.63) is 78.4 Å². The van der Waals surface area contributed by atoms with Crippen LogP contribution in [-0.4, -0.2) is 32.6 Å². The highest BCUT2D eigenvalue weighted by molar-refractivity contribution is 6.04. The number of benzene rings is 3. The second kappa shape index (κ2) is 10.3. The summed E-state index contributed by atoms with van der Waals surface area (Å²) in [7, 11) is 3.20. The van der Waals surface area contributed by atoms with E-state index in [-0.39, 0.29) is 18.2 Å². The van der Waals surface area contributed by atoms with Gasteiger partial charge < -0.3 is 24.4 Å². The summed E-state index contributed by atoms with van der Waals surface area (Å²) in [6.45, 7) is 2.49. The fourth-order valence-corrected chi connectivity index (χ4v) is 4.24. The minimum Gasteiger partial charge on any atom is -0.497 e. The summed E-state index contributed by atoms with van der Waals surface area (Å²) in [6, 6.07) is 21.5. The molecule has 0 aliphatic carbocycles. The lowest BCUT2D eigenvalue weighted by molar-refractivity contribution is -0.122. The Morgan fingerprint density at radius 2 is 1.44 bits per heavy atom. The lowest BCUT2D eigenvalue weighted by atomic mass is 9.92. The van der Waals surface area contributed by atoms with Crippen LogP contribution in [0.1, 0.15) is 24.9 Å². The highest BCUT2D eigenvalue weighted by atomic mass is 16.5. The Morgan fingerprint density at radius 3 is 2.00 bits per heavy atom. The average Bonchev–Trinajstić information content (AvgIpc) is 3.22. The van der Waals surface area contributed by atoms with Crippen LogP contribution in [0.15, 0.2) is 72.8 Å². The average molecular weight is 461 g/mol. The van der Waals surface area contributed by atoms with E-state index in [0.717, 1.165) is 11.3 Å². The molecule has 3 aromatic carbocycles. The van der Waals surface area contributed by atoms with Crippen molar-refractivity contribution in [2.24, 2.45) is 5.92 Å². The molecule has 1 aliphatic rings. The van der Waals surface area contributed by atoms with Crippen molar-refractivity contribution in [2.75, 3.05) is 31.0 Å². The number of anilines is 2. The van der Waals surface area contributed by atoms with Gasteiger partial charge in [-0.2, -0.15) is 0 Å². The fraction of sp³-hybridized carbons (Fsp3) is 0.259. The quantitative estimate of drug-likeness (QED) is 0.521. The van der Waals surface area contributed by atoms with Gasteiger partial charge in [0.05, 0.1) is 32.8 Å². The van der Waals surface area contributed by atoms with E-state index in [4.69, 9.17) is 14.2 Å². The predicted molar refractivity (Wildman–Crippen MR) is 131 cm³/mol. The molecule has 176 valence electrons. The zero-order valence-corrected chi connectivity index (χ0v) is 19.5. The van der Waals surface area contributed by atoms with Gasteiger partial charge in [0.25, 0.3) is 0 Å². The first-order chi connectivity index (χ1) is 16.5. The van der Waals surface area contributed by atoms with Crippen LogP contribution >= 0.6 is 0 Å². The maximum Gasteiger partial charge on any atom is 0.230 e. The van der Waals surface area contributed by atoms with Crippen molar-refractivity contribution >= 4 is 23.2 Å². The number of ether oxygens (including phenoxy) is 3. The Bertz CT molecular complexity index is 1130. The normalized spacial score (nSPS) is 17.4. The molecule has 0 bridgehead atoms. The topological polar surface area (TPSA) is 77.1 Å². The van der Waals surface area contributed by atoms with Gasteiger partial charge in [-0.25, -0.2) is 0 Å². The molecule has 1 fully saturated rings. The summed E-state index contributed by atoms with van der Waals surface area (Å²) in [5.41, 5.74) is 2.22. The van der Waals surface area contributed by atoms with Crippen LogP contribution in [0.25, 0.3) is 0 Å². The summed E-state index contributed by atoms with van der Waals surface area (Å²) < 4.78 is 16.0. The van der Waals surface area contributed by atoms with Gasteiger partial charge in [0.1, 0.15) is 17.2 Å². The van der Waals surface area contributed by atoms with Gasteiger partial charge >= 0.3 is 0 Å². The van der Waals surface area contributed by atoms with Crippen molar-refractivity contribution in [1.82, 2.24) is 0 Å². The van der Waals surface area contributed by atoms with Crippen LogP contribution in [0.4, 0.5) is 11.4 Å². The minimum absolute atomic E-state index is 0.103. The highest BCUT2D eigenvalue weighted by Gasteiger charge is 2.45. The number of nitrogens with zero attached hydrogens (tertiary/aromatic N) is 1. The number of carbonyl (C=O) groups is 2. The van der Waals surface area contributed by atoms with Crippen LogP contribution in [0, 0.1) is 5.92 Å². The minimum atomic E-state index is -0.574. The van der Waals surface area contributed by atoms with E-state index < -0.39 is 12.0 Å². The number of hydrogen-bond acceptors (Lipinski definition) is 5. The summed E-state index contributed by atoms with van der Waals surface area (Å²) >= 11 is 0. The van der Waals surface area contributed by atoms with E-state index in [1.165, 1.54) is 0 Å². The van der Waals surface area contributed by atoms with Crippen molar-refractivity contribution in [3.8, 4) is 17.2 Å². The molecule has 7 nitrogen and oxygen atoms in total. The number of methoxy groups -OCH3 is 2. The fourth-order valence-electron chi connectivity index (χ4n) is 4.24. The Morgan fingerprint density at radius 1 is 0.882 bits per heavy atom. The standard InChI is InChI=1S/C27H28N2O5/c1-4-34-23-13-7-19(8-14-23)28-27(31)24-17-25(30)29(20-9-15-22(33-3)16-10-20)26(24)18-5-11-21(32-2)12-6-18/h5-16,24,26H,4,17H2,1-3H3,(H,28,31)/t24-,26+/m1/s1. The molecule has 34 heavy (non-hydrogen) atoms. The molecule has 4 rings (SSSR count). The lowest BCUT2D eigenvalue weighted by Gasteiger charge is -2.28. The number of rotatable bonds is 8. The Kier molecular flexibility index (Phi) is 7.01. The zero-order chi connectivity index (χ0) is 24.1. The third-order valence-corrected chi connectivity index (χ3v) is 5.90. The van der Waals surface area contributed by atoms with Crippen LogP contribution in [0.2, 0.25) is 0 Å². The van der Waals surface area contributed by atoms with Crippen LogP contribution in [-0.2, 0) is 9.59 Å². The summed E-state index contributed by atoms with van der Waals surface area (Å²) in [4.78, 5) is 28.3. The van der Waals surface area contributed by atoms with E-state index in [2.05, 4.69) is 5.32 Å². The van der Waals surface area contributed by atoms with Gasteiger partial charge in [0.15, 0.2) is 0 Å². The summed E-state index contributed by atoms with van der Waals surface area (Å²) in [6.07, 6.45) is 0.103. The zero-order valence-electron chi connectivity index (χ0n) is 19.5. The molecule has 1 saturated heterocycles. The number of carbonyl (C=O) groups excluding carboxylic acids is 2. The second-order valence-electron chi connectivity index (χ2n) is 7.94. The first-order valence-electron chi connectivity index (χ1n) is 11.2. The lowest BCUT2D eigenvalue weighted by Crippen LogP contribution is -2.32. The first-order valence-corrected chi connectivity index (χ1v) is 11.2. The largest absolute Gasteiger partial charge is 0.497 e. The summed E-state index contributed by atoms with van der Waals surface area (Å²) in [5, 5.41) is 2.97. The first kappa shape index (κ1) is 23.2. The van der Waals surface area contributed by atoms with Gasteiger partial charge in [-0.15, -0.1) is 0 Å². The van der Waals surface area contributed by atoms with E-state index >= 15 is 0 Å². The van der Waals surface area contributed by atoms with Gasteiger partial charge in [0.2, 0.25) is 11.8 Å². The second-order valence-corrected chi connectivity index (χ2v) is 7.94. The van der Waals surface area contributed by atoms with Crippen LogP contribution in [0.3, 0.4) is 0 Å². The number of hydrogen-bond donors (Lipinski definition) is 1. The van der Waals surface area contributed by atoms with E-state index in [0.29, 0.717) is 29.5 Å². The van der Waals surface area contributed by atoms with Crippen LogP contribution < -0.4 is 24.4 Å². The molecule has 0 unspecified atom stereocenters. The third kappa shape index (κ3) is 4.83. The Labute approximate surface area is 199 Å². The molecule has 1 heterocycles. The SMILES string of the molecule is CCOc1ccc(NC(=O)[C@@H]2CC(=O)N(c3ccc(OC)cc3)[C@H]2c2ccc(OC)cc2)cc1. The maximum atomic E-state index is 13.4. The summed E-state index contributed by atoms with van der Waals surface area (Å²) in [5.74, 6) is 1.24. The Balaban J connectivity index is 1.65. The van der Waals surface area contributed by atoms with Crippen molar-refractivity contribution in [3.63, 3.8) is 0 Å². The van der Waals surface area contributed by atoms with E-state index in [1.807, 2.05) is 55.5 Å². The Hall–Kier alpha value is -4.00. The molecule has 0 radical (unpaired) electrons. The maximum absolute atomic E-state index is 13.4. The third-order valence-electron chi connectivity index (χ3n) is 5.90. The molecule has 3 aromatic rings. The molecule has 0 spiro atoms.